The fourth-order valence-electron chi connectivity index (χ4n) is 2.43. The number of thiol groups is 1. The summed E-state index contributed by atoms with van der Waals surface area (Å²) >= 11 is 4.74. The van der Waals surface area contributed by atoms with Crippen molar-refractivity contribution in [3.8, 4) is 0 Å². The predicted octanol–water partition coefficient (Wildman–Crippen LogP) is 5.49. The summed E-state index contributed by atoms with van der Waals surface area (Å²) in [6.45, 7) is 20.5. The molecule has 0 aliphatic rings. The molecule has 109 valence electrons. The molecule has 20 heavy (non-hydrogen) atoms. The number of hydrogen-bond acceptors (Lipinski definition) is 1. The summed E-state index contributed by atoms with van der Waals surface area (Å²) < 4.78 is 0. The van der Waals surface area contributed by atoms with Crippen LogP contribution in [0.4, 0.5) is 0 Å². The molecule has 0 nitrogen and oxygen atoms in total. The van der Waals surface area contributed by atoms with Crippen LogP contribution >= 0.6 is 12.6 Å². The van der Waals surface area contributed by atoms with Crippen LogP contribution in [0.1, 0.15) is 79.0 Å². The maximum absolute atomic E-state index is 4.74. The molecule has 0 fully saturated rings. The van der Waals surface area contributed by atoms with Crippen LogP contribution in [0.5, 0.6) is 0 Å². The Kier molecular flexibility index (Phi) is 6.54. The van der Waals surface area contributed by atoms with E-state index in [2.05, 4.69) is 74.4 Å². The number of hydrogen-bond donors (Lipinski definition) is 1. The van der Waals surface area contributed by atoms with Crippen molar-refractivity contribution in [2.24, 2.45) is 0 Å². The van der Waals surface area contributed by atoms with Gasteiger partial charge in [-0.3, -0.25) is 0 Å². The molecule has 0 amide bonds. The molecule has 0 aromatic heterocycles. The summed E-state index contributed by atoms with van der Waals surface area (Å²) in [4.78, 5) is 1.12. The zero-order valence-corrected chi connectivity index (χ0v) is 18.0. The van der Waals surface area contributed by atoms with Gasteiger partial charge in [-0.1, -0.05) is 68.4 Å². The minimum Gasteiger partial charge on any atom is -0.143 e. The normalized spacial score (nSPS) is 13.1. The van der Waals surface area contributed by atoms with Crippen LogP contribution in [-0.2, 0) is 16.2 Å². The third-order valence-electron chi connectivity index (χ3n) is 3.56. The third kappa shape index (κ3) is 4.80. The molecule has 1 rings (SSSR count). The number of benzene rings is 1. The van der Waals surface area contributed by atoms with Crippen LogP contribution in [-0.4, -0.2) is 29.6 Å². The van der Waals surface area contributed by atoms with Gasteiger partial charge in [-0.05, 0) is 39.0 Å². The Labute approximate surface area is 153 Å². The molecule has 0 saturated carbocycles. The van der Waals surface area contributed by atoms with E-state index in [9.17, 15) is 0 Å². The average Bonchev–Trinajstić information content (AvgIpc) is 2.11. The summed E-state index contributed by atoms with van der Waals surface area (Å²) in [6.07, 6.45) is 0. The van der Waals surface area contributed by atoms with Gasteiger partial charge in [0, 0.05) is 34.5 Å². The molecule has 0 atom stereocenters. The first-order valence-electron chi connectivity index (χ1n) is 7.13. The molecule has 0 saturated heterocycles. The first-order chi connectivity index (χ1) is 8.24. The third-order valence-corrected chi connectivity index (χ3v) is 3.93. The van der Waals surface area contributed by atoms with Crippen molar-refractivity contribution < 1.29 is 0 Å². The van der Waals surface area contributed by atoms with E-state index in [1.165, 1.54) is 16.7 Å². The second-order valence-electron chi connectivity index (χ2n) is 8.66. The van der Waals surface area contributed by atoms with Crippen molar-refractivity contribution in [3.05, 3.63) is 28.8 Å². The summed E-state index contributed by atoms with van der Waals surface area (Å²) in [5.41, 5.74) is 4.64. The van der Waals surface area contributed by atoms with Gasteiger partial charge in [0.2, 0.25) is 0 Å². The van der Waals surface area contributed by atoms with Crippen LogP contribution in [0.15, 0.2) is 17.0 Å². The van der Waals surface area contributed by atoms with E-state index >= 15 is 0 Å². The number of rotatable bonds is 0. The monoisotopic (exact) mass is 301 g/mol. The fraction of sp³-hybridized carbons (Fsp3) is 0.667. The predicted molar refractivity (Wildman–Crippen MR) is 95.5 cm³/mol. The summed E-state index contributed by atoms with van der Waals surface area (Å²) in [5, 5.41) is 0. The molecule has 1 aromatic rings. The van der Waals surface area contributed by atoms with Crippen molar-refractivity contribution in [2.45, 2.75) is 83.5 Å². The van der Waals surface area contributed by atoms with E-state index in [4.69, 9.17) is 12.6 Å². The molecule has 0 aliphatic carbocycles. The molecule has 0 N–H and O–H groups in total. The topological polar surface area (TPSA) is 0 Å². The van der Waals surface area contributed by atoms with Gasteiger partial charge in [0.05, 0.1) is 0 Å². The first-order valence-corrected chi connectivity index (χ1v) is 7.58. The van der Waals surface area contributed by atoms with Gasteiger partial charge >= 0.3 is 0 Å². The zero-order chi connectivity index (χ0) is 15.2. The van der Waals surface area contributed by atoms with Gasteiger partial charge in [-0.25, -0.2) is 0 Å². The van der Waals surface area contributed by atoms with Crippen LogP contribution < -0.4 is 0 Å². The van der Waals surface area contributed by atoms with Crippen LogP contribution in [0.2, 0.25) is 0 Å². The molecular weight excluding hydrogens is 271 g/mol. The fourth-order valence-corrected chi connectivity index (χ4v) is 2.96. The van der Waals surface area contributed by atoms with Crippen LogP contribution in [0.25, 0.3) is 0 Å². The Morgan fingerprint density at radius 3 is 1.20 bits per heavy atom. The van der Waals surface area contributed by atoms with Crippen LogP contribution in [0.3, 0.4) is 0 Å². The first kappa shape index (κ1) is 20.6. The van der Waals surface area contributed by atoms with Crippen molar-refractivity contribution in [3.63, 3.8) is 0 Å². The molecule has 1 aromatic carbocycles. The Bertz CT molecular complexity index is 468. The van der Waals surface area contributed by atoms with Gasteiger partial charge in [0.15, 0.2) is 0 Å². The minimum absolute atomic E-state index is 0. The Balaban J connectivity index is 0.00000361. The second kappa shape index (κ2) is 6.36. The molecule has 0 bridgehead atoms. The van der Waals surface area contributed by atoms with E-state index in [1.54, 1.807) is 0 Å². The van der Waals surface area contributed by atoms with Crippen molar-refractivity contribution >= 4 is 42.2 Å². The van der Waals surface area contributed by atoms with Gasteiger partial charge in [0.1, 0.15) is 0 Å². The maximum Gasteiger partial charge on any atom is 0.00805 e. The molecule has 1 radical (unpaired) electrons. The summed E-state index contributed by atoms with van der Waals surface area (Å²) in [6, 6.07) is 4.66. The van der Waals surface area contributed by atoms with Crippen molar-refractivity contribution in [1.82, 2.24) is 0 Å². The largest absolute Gasteiger partial charge is 0.143 e. The molecule has 0 aliphatic heterocycles. The molecule has 0 unspecified atom stereocenters. The average molecular weight is 301 g/mol. The minimum atomic E-state index is 0. The Hall–Kier alpha value is 0.570. The zero-order valence-electron chi connectivity index (χ0n) is 15.1. The standard InChI is InChI=1S/C18H30S.Na/c1-16(2,3)12-10-14(18(7,8)9)15(19)11-13(12)17(4,5)6;/h10-11,19H,1-9H3;. The molecule has 0 spiro atoms. The van der Waals surface area contributed by atoms with Crippen molar-refractivity contribution in [1.29, 1.82) is 0 Å². The second-order valence-corrected chi connectivity index (χ2v) is 9.15. The van der Waals surface area contributed by atoms with E-state index in [0.29, 0.717) is 0 Å². The van der Waals surface area contributed by atoms with Gasteiger partial charge < -0.3 is 0 Å². The van der Waals surface area contributed by atoms with E-state index in [0.717, 1.165) is 4.90 Å². The van der Waals surface area contributed by atoms with Gasteiger partial charge in [-0.2, -0.15) is 0 Å². The van der Waals surface area contributed by atoms with E-state index in [1.807, 2.05) is 0 Å². The Morgan fingerprint density at radius 2 is 0.900 bits per heavy atom. The summed E-state index contributed by atoms with van der Waals surface area (Å²) in [5.74, 6) is 0. The van der Waals surface area contributed by atoms with E-state index in [-0.39, 0.29) is 45.8 Å². The van der Waals surface area contributed by atoms with E-state index < -0.39 is 0 Å². The van der Waals surface area contributed by atoms with Crippen LogP contribution in [0, 0.1) is 0 Å². The molecule has 0 heterocycles. The summed E-state index contributed by atoms with van der Waals surface area (Å²) in [7, 11) is 0. The maximum atomic E-state index is 4.74. The van der Waals surface area contributed by atoms with Gasteiger partial charge in [-0.15, -0.1) is 12.6 Å². The Morgan fingerprint density at radius 1 is 0.600 bits per heavy atom. The quantitative estimate of drug-likeness (QED) is 0.475. The smallest absolute Gasteiger partial charge is 0.00805 e. The molecular formula is C18H30NaS. The van der Waals surface area contributed by atoms with Crippen molar-refractivity contribution in [2.75, 3.05) is 0 Å². The van der Waals surface area contributed by atoms with Gasteiger partial charge in [0.25, 0.3) is 0 Å². The molecule has 2 heteroatoms. The SMILES string of the molecule is CC(C)(C)c1cc(C(C)(C)C)c(C(C)(C)C)cc1S.[Na].